The van der Waals surface area contributed by atoms with E-state index in [1.165, 1.54) is 12.0 Å². The fraction of sp³-hybridized carbons (Fsp3) is 0.550. The number of piperazine rings is 1. The summed E-state index contributed by atoms with van der Waals surface area (Å²) >= 11 is 0. The maximum absolute atomic E-state index is 12.6. The zero-order valence-corrected chi connectivity index (χ0v) is 15.7. The van der Waals surface area contributed by atoms with Crippen LogP contribution in [0.25, 0.3) is 0 Å². The van der Waals surface area contributed by atoms with Crippen molar-refractivity contribution >= 4 is 6.03 Å². The van der Waals surface area contributed by atoms with Crippen LogP contribution in [0.4, 0.5) is 4.79 Å². The molecule has 2 aliphatic rings. The third-order valence-corrected chi connectivity index (χ3v) is 5.34. The molecule has 0 bridgehead atoms. The van der Waals surface area contributed by atoms with E-state index in [1.54, 1.807) is 0 Å². The Morgan fingerprint density at radius 1 is 0.926 bits per heavy atom. The van der Waals surface area contributed by atoms with Crippen molar-refractivity contribution in [3.8, 4) is 0 Å². The Hall–Kier alpha value is -2.41. The van der Waals surface area contributed by atoms with E-state index in [9.17, 15) is 4.79 Å². The average Bonchev–Trinajstić information content (AvgIpc) is 3.16. The molecule has 0 unspecified atom stereocenters. The highest BCUT2D eigenvalue weighted by molar-refractivity contribution is 5.74. The molecule has 7 heteroatoms. The number of amides is 2. The minimum atomic E-state index is 0.206. The number of nitrogens with zero attached hydrogens (tertiary/aromatic N) is 5. The van der Waals surface area contributed by atoms with Gasteiger partial charge in [-0.2, -0.15) is 4.98 Å². The van der Waals surface area contributed by atoms with Crippen LogP contribution in [0, 0.1) is 0 Å². The van der Waals surface area contributed by atoms with E-state index in [0.29, 0.717) is 18.9 Å². The van der Waals surface area contributed by atoms with E-state index in [1.807, 2.05) is 28.0 Å². The molecule has 0 saturated carbocycles. The number of aromatic nitrogens is 2. The molecule has 0 spiro atoms. The molecule has 2 aliphatic heterocycles. The summed E-state index contributed by atoms with van der Waals surface area (Å²) in [6.45, 7) is 5.68. The first-order valence-corrected chi connectivity index (χ1v) is 9.89. The summed E-state index contributed by atoms with van der Waals surface area (Å²) < 4.78 is 5.42. The minimum absolute atomic E-state index is 0.206. The molecule has 27 heavy (non-hydrogen) atoms. The predicted octanol–water partition coefficient (Wildman–Crippen LogP) is 2.38. The second-order valence-corrected chi connectivity index (χ2v) is 7.36. The summed E-state index contributed by atoms with van der Waals surface area (Å²) in [6, 6.07) is 10.4. The van der Waals surface area contributed by atoms with Crippen LogP contribution < -0.4 is 0 Å². The topological polar surface area (TPSA) is 65.7 Å². The van der Waals surface area contributed by atoms with Crippen molar-refractivity contribution in [2.24, 2.45) is 0 Å². The molecule has 7 nitrogen and oxygen atoms in total. The molecule has 0 atom stereocenters. The van der Waals surface area contributed by atoms with E-state index in [0.717, 1.165) is 57.9 Å². The zero-order valence-electron chi connectivity index (χ0n) is 15.7. The lowest BCUT2D eigenvalue weighted by Gasteiger charge is -2.38. The Morgan fingerprint density at radius 3 is 2.37 bits per heavy atom. The van der Waals surface area contributed by atoms with Gasteiger partial charge in [-0.05, 0) is 24.8 Å². The second kappa shape index (κ2) is 8.52. The molecule has 4 rings (SSSR count). The minimum Gasteiger partial charge on any atom is -0.338 e. The Kier molecular flexibility index (Phi) is 5.67. The normalized spacial score (nSPS) is 18.7. The monoisotopic (exact) mass is 369 g/mol. The number of likely N-dealkylation sites (tertiary alicyclic amines) is 1. The van der Waals surface area contributed by atoms with Gasteiger partial charge in [0.05, 0.1) is 6.54 Å². The van der Waals surface area contributed by atoms with Crippen molar-refractivity contribution < 1.29 is 9.32 Å². The van der Waals surface area contributed by atoms with Crippen LogP contribution in [-0.4, -0.2) is 70.1 Å². The van der Waals surface area contributed by atoms with Gasteiger partial charge in [0.1, 0.15) is 0 Å². The Labute approximate surface area is 159 Å². The Morgan fingerprint density at radius 2 is 1.63 bits per heavy atom. The van der Waals surface area contributed by atoms with E-state index in [2.05, 4.69) is 27.2 Å². The van der Waals surface area contributed by atoms with Gasteiger partial charge in [-0.3, -0.25) is 4.90 Å². The summed E-state index contributed by atoms with van der Waals surface area (Å²) in [4.78, 5) is 23.4. The van der Waals surface area contributed by atoms with Gasteiger partial charge in [0.2, 0.25) is 5.89 Å². The maximum Gasteiger partial charge on any atom is 0.320 e. The summed E-state index contributed by atoms with van der Waals surface area (Å²) in [7, 11) is 0. The van der Waals surface area contributed by atoms with Gasteiger partial charge >= 0.3 is 6.03 Å². The van der Waals surface area contributed by atoms with Gasteiger partial charge in [0.25, 0.3) is 0 Å². The molecule has 2 aromatic rings. The first kappa shape index (κ1) is 18.0. The fourth-order valence-corrected chi connectivity index (χ4v) is 3.78. The van der Waals surface area contributed by atoms with E-state index < -0.39 is 0 Å². The van der Waals surface area contributed by atoms with Gasteiger partial charge < -0.3 is 14.3 Å². The van der Waals surface area contributed by atoms with Crippen LogP contribution in [0.2, 0.25) is 0 Å². The predicted molar refractivity (Wildman–Crippen MR) is 101 cm³/mol. The van der Waals surface area contributed by atoms with Crippen molar-refractivity contribution in [3.63, 3.8) is 0 Å². The Bertz CT molecular complexity index is 734. The highest BCUT2D eigenvalue weighted by Crippen LogP contribution is 2.14. The molecule has 2 saturated heterocycles. The van der Waals surface area contributed by atoms with Crippen molar-refractivity contribution in [1.29, 1.82) is 0 Å². The molecule has 0 aliphatic carbocycles. The SMILES string of the molecule is O=C(N1CCCCC1)N1CCN(Cc2nc(Cc3ccccc3)no2)CC1. The van der Waals surface area contributed by atoms with Crippen molar-refractivity contribution in [1.82, 2.24) is 24.8 Å². The van der Waals surface area contributed by atoms with Crippen molar-refractivity contribution in [2.75, 3.05) is 39.3 Å². The molecule has 1 aromatic carbocycles. The summed E-state index contributed by atoms with van der Waals surface area (Å²) in [5, 5.41) is 4.10. The fourth-order valence-electron chi connectivity index (χ4n) is 3.78. The molecule has 2 fully saturated rings. The van der Waals surface area contributed by atoms with Crippen molar-refractivity contribution in [3.05, 3.63) is 47.6 Å². The zero-order chi connectivity index (χ0) is 18.5. The number of carbonyl (C=O) groups is 1. The summed E-state index contributed by atoms with van der Waals surface area (Å²) in [6.07, 6.45) is 4.19. The van der Waals surface area contributed by atoms with Gasteiger partial charge in [-0.15, -0.1) is 0 Å². The average molecular weight is 369 g/mol. The highest BCUT2D eigenvalue weighted by Gasteiger charge is 2.26. The Balaban J connectivity index is 1.25. The number of benzene rings is 1. The number of hydrogen-bond acceptors (Lipinski definition) is 5. The number of hydrogen-bond donors (Lipinski definition) is 0. The van der Waals surface area contributed by atoms with E-state index in [-0.39, 0.29) is 6.03 Å². The third kappa shape index (κ3) is 4.66. The molecular weight excluding hydrogens is 342 g/mol. The maximum atomic E-state index is 12.6. The van der Waals surface area contributed by atoms with Gasteiger partial charge in [-0.25, -0.2) is 4.79 Å². The largest absolute Gasteiger partial charge is 0.338 e. The summed E-state index contributed by atoms with van der Waals surface area (Å²) in [5.74, 6) is 1.37. The van der Waals surface area contributed by atoms with Crippen LogP contribution in [0.15, 0.2) is 34.9 Å². The second-order valence-electron chi connectivity index (χ2n) is 7.36. The summed E-state index contributed by atoms with van der Waals surface area (Å²) in [5.41, 5.74) is 1.18. The molecule has 1 aromatic heterocycles. The van der Waals surface area contributed by atoms with Crippen LogP contribution in [0.1, 0.15) is 36.5 Å². The van der Waals surface area contributed by atoms with Crippen LogP contribution in [-0.2, 0) is 13.0 Å². The number of urea groups is 1. The molecule has 3 heterocycles. The van der Waals surface area contributed by atoms with Gasteiger partial charge in [0.15, 0.2) is 5.82 Å². The quantitative estimate of drug-likeness (QED) is 0.828. The molecule has 0 radical (unpaired) electrons. The third-order valence-electron chi connectivity index (χ3n) is 5.34. The lowest BCUT2D eigenvalue weighted by molar-refractivity contribution is 0.0998. The lowest BCUT2D eigenvalue weighted by Crippen LogP contribution is -2.53. The van der Waals surface area contributed by atoms with Crippen molar-refractivity contribution in [2.45, 2.75) is 32.2 Å². The van der Waals surface area contributed by atoms with Gasteiger partial charge in [-0.1, -0.05) is 35.5 Å². The standard InChI is InChI=1S/C20H27N5O2/c26-20(24-9-5-2-6-10-24)25-13-11-23(12-14-25)16-19-21-18(22-27-19)15-17-7-3-1-4-8-17/h1,3-4,7-8H,2,5-6,9-16H2. The molecule has 2 amide bonds. The number of carbonyl (C=O) groups excluding carboxylic acids is 1. The van der Waals surface area contributed by atoms with Crippen LogP contribution in [0.3, 0.4) is 0 Å². The number of piperidine rings is 1. The smallest absolute Gasteiger partial charge is 0.320 e. The van der Waals surface area contributed by atoms with Crippen LogP contribution >= 0.6 is 0 Å². The molecular formula is C20H27N5O2. The lowest BCUT2D eigenvalue weighted by atomic mass is 10.1. The van der Waals surface area contributed by atoms with E-state index >= 15 is 0 Å². The first-order chi connectivity index (χ1) is 13.3. The number of rotatable bonds is 4. The highest BCUT2D eigenvalue weighted by atomic mass is 16.5. The molecule has 144 valence electrons. The first-order valence-electron chi connectivity index (χ1n) is 9.89. The molecule has 0 N–H and O–H groups in total. The van der Waals surface area contributed by atoms with E-state index in [4.69, 9.17) is 4.52 Å². The van der Waals surface area contributed by atoms with Crippen LogP contribution in [0.5, 0.6) is 0 Å². The van der Waals surface area contributed by atoms with Gasteiger partial charge in [0, 0.05) is 45.7 Å².